The van der Waals surface area contributed by atoms with Gasteiger partial charge in [0.15, 0.2) is 11.6 Å². The highest BCUT2D eigenvalue weighted by Gasteiger charge is 2.27. The Morgan fingerprint density at radius 3 is 2.47 bits per heavy atom. The Morgan fingerprint density at radius 2 is 1.79 bits per heavy atom. The zero-order valence-electron chi connectivity index (χ0n) is 10.3. The summed E-state index contributed by atoms with van der Waals surface area (Å²) in [5.74, 6) is -1.81. The molecule has 0 aromatic heterocycles. The quantitative estimate of drug-likeness (QED) is 0.897. The first kappa shape index (κ1) is 14.2. The molecule has 0 aliphatic rings. The molecule has 0 spiro atoms. The fourth-order valence-electron chi connectivity index (χ4n) is 2.05. The molecule has 0 amide bonds. The zero-order valence-corrected chi connectivity index (χ0v) is 11.9. The lowest BCUT2D eigenvalue weighted by Gasteiger charge is -2.25. The summed E-state index contributed by atoms with van der Waals surface area (Å²) in [7, 11) is 0. The second kappa shape index (κ2) is 5.39. The molecule has 0 fully saturated rings. The predicted molar refractivity (Wildman–Crippen MR) is 73.8 cm³/mol. The van der Waals surface area contributed by atoms with Crippen molar-refractivity contribution in [2.45, 2.75) is 18.9 Å². The van der Waals surface area contributed by atoms with E-state index in [0.717, 1.165) is 10.5 Å². The van der Waals surface area contributed by atoms with Crippen LogP contribution in [-0.2, 0) is 12.0 Å². The summed E-state index contributed by atoms with van der Waals surface area (Å²) in [4.78, 5) is 0. The normalized spacial score (nSPS) is 14.2. The van der Waals surface area contributed by atoms with Crippen LogP contribution in [0.25, 0.3) is 0 Å². The van der Waals surface area contributed by atoms with Crippen molar-refractivity contribution in [3.63, 3.8) is 0 Å². The van der Waals surface area contributed by atoms with E-state index in [4.69, 9.17) is 0 Å². The van der Waals surface area contributed by atoms with Crippen molar-refractivity contribution in [1.29, 1.82) is 0 Å². The summed E-state index contributed by atoms with van der Waals surface area (Å²) in [5, 5.41) is 10.5. The molecule has 0 radical (unpaired) electrons. The van der Waals surface area contributed by atoms with Crippen LogP contribution in [0.3, 0.4) is 0 Å². The van der Waals surface area contributed by atoms with Crippen LogP contribution in [0.4, 0.5) is 8.78 Å². The zero-order chi connectivity index (χ0) is 14.0. The molecule has 2 rings (SSSR count). The summed E-state index contributed by atoms with van der Waals surface area (Å²) in [6.45, 7) is 1.58. The van der Waals surface area contributed by atoms with Gasteiger partial charge >= 0.3 is 0 Å². The molecule has 4 heteroatoms. The number of benzene rings is 2. The first-order chi connectivity index (χ1) is 8.92. The van der Waals surface area contributed by atoms with E-state index in [2.05, 4.69) is 15.9 Å². The van der Waals surface area contributed by atoms with Crippen molar-refractivity contribution < 1.29 is 13.9 Å². The van der Waals surface area contributed by atoms with Crippen LogP contribution in [0.2, 0.25) is 0 Å². The van der Waals surface area contributed by atoms with Crippen LogP contribution in [-0.4, -0.2) is 5.11 Å². The molecule has 0 bridgehead atoms. The number of hydrogen-bond acceptors (Lipinski definition) is 1. The second-order valence-electron chi connectivity index (χ2n) is 4.64. The minimum atomic E-state index is -1.28. The lowest BCUT2D eigenvalue weighted by Crippen LogP contribution is -2.25. The minimum Gasteiger partial charge on any atom is -0.385 e. The molecule has 0 aliphatic heterocycles. The monoisotopic (exact) mass is 326 g/mol. The summed E-state index contributed by atoms with van der Waals surface area (Å²) >= 11 is 3.35. The largest absolute Gasteiger partial charge is 0.385 e. The second-order valence-corrected chi connectivity index (χ2v) is 5.50. The van der Waals surface area contributed by atoms with Crippen molar-refractivity contribution in [3.05, 3.63) is 69.7 Å². The maximum absolute atomic E-state index is 13.7. The first-order valence-electron chi connectivity index (χ1n) is 5.82. The van der Waals surface area contributed by atoms with E-state index in [1.807, 2.05) is 6.07 Å². The Labute approximate surface area is 119 Å². The lowest BCUT2D eigenvalue weighted by molar-refractivity contribution is 0.0558. The van der Waals surface area contributed by atoms with Gasteiger partial charge in [0.25, 0.3) is 0 Å². The van der Waals surface area contributed by atoms with Crippen molar-refractivity contribution in [1.82, 2.24) is 0 Å². The van der Waals surface area contributed by atoms with Crippen LogP contribution in [0, 0.1) is 11.6 Å². The highest BCUT2D eigenvalue weighted by Crippen LogP contribution is 2.31. The van der Waals surface area contributed by atoms with Gasteiger partial charge in [-0.1, -0.05) is 46.3 Å². The van der Waals surface area contributed by atoms with E-state index in [1.165, 1.54) is 12.1 Å². The summed E-state index contributed by atoms with van der Waals surface area (Å²) < 4.78 is 27.6. The summed E-state index contributed by atoms with van der Waals surface area (Å²) in [6, 6.07) is 11.1. The summed E-state index contributed by atoms with van der Waals surface area (Å²) in [6.07, 6.45) is -0.000787. The van der Waals surface area contributed by atoms with Gasteiger partial charge in [-0.15, -0.1) is 0 Å². The molecule has 19 heavy (non-hydrogen) atoms. The molecule has 0 saturated heterocycles. The van der Waals surface area contributed by atoms with Crippen molar-refractivity contribution in [3.8, 4) is 0 Å². The van der Waals surface area contributed by atoms with E-state index < -0.39 is 17.2 Å². The van der Waals surface area contributed by atoms with Crippen LogP contribution < -0.4 is 0 Å². The SMILES string of the molecule is CC(O)(Cc1cccc(F)c1F)c1ccccc1Br. The highest BCUT2D eigenvalue weighted by atomic mass is 79.9. The van der Waals surface area contributed by atoms with Crippen LogP contribution in [0.1, 0.15) is 18.1 Å². The maximum atomic E-state index is 13.7. The standard InChI is InChI=1S/C15H13BrF2O/c1-15(19,11-6-2-3-7-12(11)16)9-10-5-4-8-13(17)14(10)18/h2-8,19H,9H2,1H3. The molecule has 2 aromatic carbocycles. The third-order valence-corrected chi connectivity index (χ3v) is 3.71. The first-order valence-corrected chi connectivity index (χ1v) is 6.61. The molecule has 1 N–H and O–H groups in total. The topological polar surface area (TPSA) is 20.2 Å². The molecule has 0 heterocycles. The third-order valence-electron chi connectivity index (χ3n) is 3.02. The Balaban J connectivity index is 2.36. The van der Waals surface area contributed by atoms with Gasteiger partial charge in [-0.3, -0.25) is 0 Å². The molecule has 2 aromatic rings. The van der Waals surface area contributed by atoms with Gasteiger partial charge in [0.05, 0.1) is 5.60 Å². The Kier molecular flexibility index (Phi) is 4.02. The number of hydrogen-bond donors (Lipinski definition) is 1. The minimum absolute atomic E-state index is 0.000787. The van der Waals surface area contributed by atoms with Crippen molar-refractivity contribution in [2.75, 3.05) is 0 Å². The van der Waals surface area contributed by atoms with E-state index in [0.29, 0.717) is 5.56 Å². The molecule has 0 saturated carbocycles. The molecule has 1 unspecified atom stereocenters. The van der Waals surface area contributed by atoms with Gasteiger partial charge in [0.2, 0.25) is 0 Å². The van der Waals surface area contributed by atoms with Gasteiger partial charge in [-0.25, -0.2) is 8.78 Å². The highest BCUT2D eigenvalue weighted by molar-refractivity contribution is 9.10. The van der Waals surface area contributed by atoms with E-state index in [1.54, 1.807) is 25.1 Å². The molecular weight excluding hydrogens is 314 g/mol. The maximum Gasteiger partial charge on any atom is 0.162 e. The van der Waals surface area contributed by atoms with Crippen LogP contribution in [0.5, 0.6) is 0 Å². The lowest BCUT2D eigenvalue weighted by atomic mass is 9.89. The fourth-order valence-corrected chi connectivity index (χ4v) is 2.76. The van der Waals surface area contributed by atoms with Crippen molar-refractivity contribution in [2.24, 2.45) is 0 Å². The Hall–Kier alpha value is -1.26. The van der Waals surface area contributed by atoms with Crippen LogP contribution >= 0.6 is 15.9 Å². The Morgan fingerprint density at radius 1 is 1.11 bits per heavy atom. The average molecular weight is 327 g/mol. The summed E-state index contributed by atoms with van der Waals surface area (Å²) in [5.41, 5.74) is -0.492. The van der Waals surface area contributed by atoms with Crippen molar-refractivity contribution >= 4 is 15.9 Å². The number of halogens is 3. The van der Waals surface area contributed by atoms with E-state index in [9.17, 15) is 13.9 Å². The smallest absolute Gasteiger partial charge is 0.162 e. The van der Waals surface area contributed by atoms with Crippen LogP contribution in [0.15, 0.2) is 46.9 Å². The van der Waals surface area contributed by atoms with Gasteiger partial charge < -0.3 is 5.11 Å². The van der Waals surface area contributed by atoms with E-state index >= 15 is 0 Å². The average Bonchev–Trinajstić information content (AvgIpc) is 2.35. The Bertz CT molecular complexity index is 596. The third kappa shape index (κ3) is 3.01. The number of aliphatic hydroxyl groups is 1. The molecular formula is C15H13BrF2O. The van der Waals surface area contributed by atoms with Gasteiger partial charge in [-0.2, -0.15) is 0 Å². The molecule has 1 nitrogen and oxygen atoms in total. The number of rotatable bonds is 3. The fraction of sp³-hybridized carbons (Fsp3) is 0.200. The predicted octanol–water partition coefficient (Wildman–Crippen LogP) is 4.18. The van der Waals surface area contributed by atoms with E-state index in [-0.39, 0.29) is 12.0 Å². The molecule has 100 valence electrons. The molecule has 1 atom stereocenters. The van der Waals surface area contributed by atoms with Gasteiger partial charge in [0.1, 0.15) is 0 Å². The van der Waals surface area contributed by atoms with Gasteiger partial charge in [0, 0.05) is 10.9 Å². The molecule has 0 aliphatic carbocycles. The van der Waals surface area contributed by atoms with Gasteiger partial charge in [-0.05, 0) is 30.2 Å².